The molecule has 0 bridgehead atoms. The predicted octanol–water partition coefficient (Wildman–Crippen LogP) is 2.30. The fourth-order valence-corrected chi connectivity index (χ4v) is 3.14. The van der Waals surface area contributed by atoms with E-state index in [9.17, 15) is 19.5 Å². The third-order valence-electron chi connectivity index (χ3n) is 3.73. The van der Waals surface area contributed by atoms with Crippen molar-refractivity contribution in [3.63, 3.8) is 0 Å². The van der Waals surface area contributed by atoms with Gasteiger partial charge in [-0.1, -0.05) is 30.3 Å². The van der Waals surface area contributed by atoms with E-state index in [0.717, 1.165) is 22.2 Å². The van der Waals surface area contributed by atoms with Gasteiger partial charge >= 0.3 is 0 Å². The number of benzene rings is 2. The summed E-state index contributed by atoms with van der Waals surface area (Å²) in [5, 5.41) is 10.6. The number of carboxylic acids is 1. The summed E-state index contributed by atoms with van der Waals surface area (Å²) in [4.78, 5) is 35.7. The zero-order valence-electron chi connectivity index (χ0n) is 13.8. The van der Waals surface area contributed by atoms with Crippen molar-refractivity contribution in [2.45, 2.75) is 6.61 Å². The van der Waals surface area contributed by atoms with E-state index in [1.807, 2.05) is 0 Å². The van der Waals surface area contributed by atoms with Crippen molar-refractivity contribution in [3.8, 4) is 5.75 Å². The largest absolute Gasteiger partial charge is 0.545 e. The van der Waals surface area contributed by atoms with E-state index in [-0.39, 0.29) is 23.3 Å². The molecule has 7 heteroatoms. The summed E-state index contributed by atoms with van der Waals surface area (Å²) in [6.07, 6.45) is 1.65. The van der Waals surface area contributed by atoms with E-state index < -0.39 is 5.97 Å². The van der Waals surface area contributed by atoms with Gasteiger partial charge in [-0.3, -0.25) is 14.5 Å². The van der Waals surface area contributed by atoms with Gasteiger partial charge in [0.25, 0.3) is 11.1 Å². The van der Waals surface area contributed by atoms with Crippen molar-refractivity contribution in [2.75, 3.05) is 7.05 Å². The lowest BCUT2D eigenvalue weighted by atomic mass is 10.1. The highest BCUT2D eigenvalue weighted by Gasteiger charge is 2.31. The number of ether oxygens (including phenoxy) is 1. The van der Waals surface area contributed by atoms with Gasteiger partial charge in [0.05, 0.1) is 10.9 Å². The second kappa shape index (κ2) is 7.45. The summed E-state index contributed by atoms with van der Waals surface area (Å²) >= 11 is 0.906. The molecule has 1 fully saturated rings. The molecule has 1 aliphatic heterocycles. The van der Waals surface area contributed by atoms with Crippen LogP contribution in [0.3, 0.4) is 0 Å². The van der Waals surface area contributed by atoms with Crippen molar-refractivity contribution in [3.05, 3.63) is 70.1 Å². The van der Waals surface area contributed by atoms with Crippen molar-refractivity contribution < 1.29 is 24.2 Å². The summed E-state index contributed by atoms with van der Waals surface area (Å²) in [7, 11) is 1.45. The Morgan fingerprint density at radius 2 is 1.92 bits per heavy atom. The maximum atomic E-state index is 11.9. The van der Waals surface area contributed by atoms with Crippen LogP contribution in [-0.2, 0) is 11.4 Å². The molecule has 0 atom stereocenters. The van der Waals surface area contributed by atoms with Crippen molar-refractivity contribution in [1.29, 1.82) is 0 Å². The van der Waals surface area contributed by atoms with Crippen molar-refractivity contribution in [1.82, 2.24) is 4.90 Å². The number of aromatic carboxylic acids is 1. The fourth-order valence-electron chi connectivity index (χ4n) is 2.31. The first kappa shape index (κ1) is 17.8. The standard InChI is InChI=1S/C19H15NO5S/c1-20-17(21)16(26-19(20)24)10-12-5-7-15(8-6-12)25-11-13-3-2-4-14(9-13)18(22)23/h2-10H,11H2,1H3,(H,22,23)/p-1/b16-10-. The molecular formula is C19H14NO5S-. The lowest BCUT2D eigenvalue weighted by molar-refractivity contribution is -0.255. The number of nitrogens with zero attached hydrogens (tertiary/aromatic N) is 1. The number of carbonyl (C=O) groups is 3. The number of amides is 2. The Labute approximate surface area is 154 Å². The van der Waals surface area contributed by atoms with E-state index in [0.29, 0.717) is 16.2 Å². The number of rotatable bonds is 5. The van der Waals surface area contributed by atoms with Gasteiger partial charge in [0, 0.05) is 7.05 Å². The first-order valence-corrected chi connectivity index (χ1v) is 8.50. The molecule has 3 rings (SSSR count). The Balaban J connectivity index is 1.65. The zero-order chi connectivity index (χ0) is 18.7. The molecule has 0 N–H and O–H groups in total. The van der Waals surface area contributed by atoms with Gasteiger partial charge in [-0.05, 0) is 52.7 Å². The Kier molecular flexibility index (Phi) is 5.09. The average molecular weight is 368 g/mol. The number of carboxylic acid groups (broad SMARTS) is 1. The SMILES string of the molecule is CN1C(=O)S/C(=C\c2ccc(OCc3cccc(C(=O)[O-])c3)cc2)C1=O. The molecule has 2 amide bonds. The van der Waals surface area contributed by atoms with Gasteiger partial charge in [0.15, 0.2) is 0 Å². The fraction of sp³-hybridized carbons (Fsp3) is 0.105. The van der Waals surface area contributed by atoms with Crippen LogP contribution in [-0.4, -0.2) is 29.1 Å². The molecule has 1 aliphatic rings. The van der Waals surface area contributed by atoms with E-state index in [1.54, 1.807) is 42.5 Å². The highest BCUT2D eigenvalue weighted by molar-refractivity contribution is 8.18. The number of hydrogen-bond donors (Lipinski definition) is 0. The van der Waals surface area contributed by atoms with Crippen LogP contribution in [0.5, 0.6) is 5.75 Å². The van der Waals surface area contributed by atoms with Crippen LogP contribution in [0.15, 0.2) is 53.4 Å². The van der Waals surface area contributed by atoms with Gasteiger partial charge in [-0.25, -0.2) is 0 Å². The minimum absolute atomic E-state index is 0.103. The number of hydrogen-bond acceptors (Lipinski definition) is 6. The molecule has 0 aromatic heterocycles. The summed E-state index contributed by atoms with van der Waals surface area (Å²) < 4.78 is 5.64. The van der Waals surface area contributed by atoms with Crippen molar-refractivity contribution >= 4 is 35.0 Å². The predicted molar refractivity (Wildman–Crippen MR) is 95.3 cm³/mol. The maximum Gasteiger partial charge on any atom is 0.293 e. The van der Waals surface area contributed by atoms with Crippen LogP contribution in [0.4, 0.5) is 4.79 Å². The highest BCUT2D eigenvalue weighted by atomic mass is 32.2. The molecule has 2 aromatic carbocycles. The lowest BCUT2D eigenvalue weighted by Crippen LogP contribution is -2.22. The van der Waals surface area contributed by atoms with Crippen LogP contribution in [0.1, 0.15) is 21.5 Å². The zero-order valence-corrected chi connectivity index (χ0v) is 14.6. The van der Waals surface area contributed by atoms with Crippen LogP contribution >= 0.6 is 11.8 Å². The van der Waals surface area contributed by atoms with E-state index in [1.165, 1.54) is 19.2 Å². The van der Waals surface area contributed by atoms with Gasteiger partial charge in [-0.2, -0.15) is 0 Å². The summed E-state index contributed by atoms with van der Waals surface area (Å²) in [5.74, 6) is -0.939. The molecule has 0 saturated carbocycles. The van der Waals surface area contributed by atoms with Crippen LogP contribution < -0.4 is 9.84 Å². The molecule has 26 heavy (non-hydrogen) atoms. The molecule has 0 spiro atoms. The number of thioether (sulfide) groups is 1. The minimum Gasteiger partial charge on any atom is -0.545 e. The smallest absolute Gasteiger partial charge is 0.293 e. The molecule has 132 valence electrons. The number of likely N-dealkylation sites (N-methyl/N-ethyl adjacent to an activating group) is 1. The first-order chi connectivity index (χ1) is 12.4. The topological polar surface area (TPSA) is 86.7 Å². The highest BCUT2D eigenvalue weighted by Crippen LogP contribution is 2.31. The van der Waals surface area contributed by atoms with E-state index in [4.69, 9.17) is 4.74 Å². The second-order valence-corrected chi connectivity index (χ2v) is 6.58. The Bertz CT molecular complexity index is 904. The third-order valence-corrected chi connectivity index (χ3v) is 4.69. The summed E-state index contributed by atoms with van der Waals surface area (Å²) in [6, 6.07) is 13.4. The minimum atomic E-state index is -1.23. The summed E-state index contributed by atoms with van der Waals surface area (Å²) in [6.45, 7) is 0.217. The van der Waals surface area contributed by atoms with E-state index >= 15 is 0 Å². The lowest BCUT2D eigenvalue weighted by Gasteiger charge is -2.09. The number of carbonyl (C=O) groups excluding carboxylic acids is 3. The summed E-state index contributed by atoms with van der Waals surface area (Å²) in [5.41, 5.74) is 1.59. The van der Waals surface area contributed by atoms with Gasteiger partial charge < -0.3 is 14.6 Å². The molecule has 0 unspecified atom stereocenters. The molecule has 2 aromatic rings. The maximum absolute atomic E-state index is 11.9. The van der Waals surface area contributed by atoms with Crippen molar-refractivity contribution in [2.24, 2.45) is 0 Å². The van der Waals surface area contributed by atoms with Gasteiger partial charge in [0.1, 0.15) is 12.4 Å². The molecule has 0 radical (unpaired) electrons. The quantitative estimate of drug-likeness (QED) is 0.753. The molecule has 0 aliphatic carbocycles. The average Bonchev–Trinajstić information content (AvgIpc) is 2.88. The first-order valence-electron chi connectivity index (χ1n) is 7.69. The normalized spacial score (nSPS) is 15.6. The number of imide groups is 1. The molecule has 1 heterocycles. The Morgan fingerprint density at radius 1 is 1.19 bits per heavy atom. The Morgan fingerprint density at radius 3 is 2.54 bits per heavy atom. The Hall–Kier alpha value is -3.06. The van der Waals surface area contributed by atoms with Crippen LogP contribution in [0.2, 0.25) is 0 Å². The van der Waals surface area contributed by atoms with Crippen LogP contribution in [0.25, 0.3) is 6.08 Å². The van der Waals surface area contributed by atoms with Crippen LogP contribution in [0, 0.1) is 0 Å². The van der Waals surface area contributed by atoms with Gasteiger partial charge in [0.2, 0.25) is 0 Å². The second-order valence-electron chi connectivity index (χ2n) is 5.59. The molecular weight excluding hydrogens is 354 g/mol. The molecule has 6 nitrogen and oxygen atoms in total. The van der Waals surface area contributed by atoms with E-state index in [2.05, 4.69) is 0 Å². The third kappa shape index (κ3) is 3.94. The monoisotopic (exact) mass is 368 g/mol. The molecule has 1 saturated heterocycles. The van der Waals surface area contributed by atoms with Gasteiger partial charge in [-0.15, -0.1) is 0 Å².